The number of aryl methyl sites for hydroxylation is 1. The summed E-state index contributed by atoms with van der Waals surface area (Å²) in [6.07, 6.45) is 3.20. The molecular weight excluding hydrogens is 340 g/mol. The molecule has 130 valence electrons. The van der Waals surface area contributed by atoms with Gasteiger partial charge in [-0.2, -0.15) is 0 Å². The SMILES string of the molecule is Cc1ccc(/C=C/C(=O)Nc2ccccc2OCCC(N)=O)cc1Cl. The molecule has 0 radical (unpaired) electrons. The minimum absolute atomic E-state index is 0.108. The first-order chi connectivity index (χ1) is 12.0. The van der Waals surface area contributed by atoms with Crippen LogP contribution in [0.5, 0.6) is 5.75 Å². The quantitative estimate of drug-likeness (QED) is 0.742. The number of ether oxygens (including phenoxy) is 1. The molecule has 3 N–H and O–H groups in total. The van der Waals surface area contributed by atoms with Crippen molar-refractivity contribution in [3.63, 3.8) is 0 Å². The zero-order valence-corrected chi connectivity index (χ0v) is 14.5. The van der Waals surface area contributed by atoms with E-state index in [0.29, 0.717) is 16.5 Å². The van der Waals surface area contributed by atoms with Gasteiger partial charge in [-0.25, -0.2) is 0 Å². The van der Waals surface area contributed by atoms with E-state index in [4.69, 9.17) is 22.1 Å². The van der Waals surface area contributed by atoms with Crippen molar-refractivity contribution in [2.45, 2.75) is 13.3 Å². The molecule has 0 saturated heterocycles. The second-order valence-corrected chi connectivity index (χ2v) is 5.80. The summed E-state index contributed by atoms with van der Waals surface area (Å²) >= 11 is 6.07. The highest BCUT2D eigenvalue weighted by atomic mass is 35.5. The van der Waals surface area contributed by atoms with Crippen molar-refractivity contribution in [3.8, 4) is 5.75 Å². The van der Waals surface area contributed by atoms with Crippen LogP contribution < -0.4 is 15.8 Å². The van der Waals surface area contributed by atoms with Crippen molar-refractivity contribution in [2.24, 2.45) is 5.73 Å². The van der Waals surface area contributed by atoms with E-state index in [1.165, 1.54) is 6.08 Å². The van der Waals surface area contributed by atoms with E-state index >= 15 is 0 Å². The number of benzene rings is 2. The van der Waals surface area contributed by atoms with E-state index in [2.05, 4.69) is 5.32 Å². The van der Waals surface area contributed by atoms with Crippen LogP contribution in [0.3, 0.4) is 0 Å². The fraction of sp³-hybridized carbons (Fsp3) is 0.158. The molecule has 0 aromatic heterocycles. The molecule has 0 heterocycles. The number of halogens is 1. The van der Waals surface area contributed by atoms with Crippen LogP contribution in [-0.2, 0) is 9.59 Å². The fourth-order valence-corrected chi connectivity index (χ4v) is 2.21. The molecule has 2 aromatic rings. The van der Waals surface area contributed by atoms with Gasteiger partial charge < -0.3 is 15.8 Å². The smallest absolute Gasteiger partial charge is 0.248 e. The Kier molecular flexibility index (Phi) is 6.60. The highest BCUT2D eigenvalue weighted by Gasteiger charge is 2.06. The number of nitrogens with one attached hydrogen (secondary N) is 1. The van der Waals surface area contributed by atoms with Gasteiger partial charge in [0.15, 0.2) is 0 Å². The summed E-state index contributed by atoms with van der Waals surface area (Å²) in [6.45, 7) is 2.07. The third-order valence-corrected chi connectivity index (χ3v) is 3.78. The molecule has 2 aromatic carbocycles. The molecule has 0 saturated carbocycles. The van der Waals surface area contributed by atoms with Gasteiger partial charge >= 0.3 is 0 Å². The van der Waals surface area contributed by atoms with Crippen LogP contribution in [-0.4, -0.2) is 18.4 Å². The molecule has 6 heteroatoms. The number of amides is 2. The van der Waals surface area contributed by atoms with Gasteiger partial charge in [0.2, 0.25) is 11.8 Å². The number of hydrogen-bond donors (Lipinski definition) is 2. The Bertz CT molecular complexity index is 803. The first-order valence-corrected chi connectivity index (χ1v) is 8.09. The van der Waals surface area contributed by atoms with Crippen LogP contribution in [0.4, 0.5) is 5.69 Å². The normalized spacial score (nSPS) is 10.6. The summed E-state index contributed by atoms with van der Waals surface area (Å²) < 4.78 is 5.48. The Morgan fingerprint density at radius 2 is 2.00 bits per heavy atom. The van der Waals surface area contributed by atoms with Crippen molar-refractivity contribution < 1.29 is 14.3 Å². The number of carbonyl (C=O) groups is 2. The number of hydrogen-bond acceptors (Lipinski definition) is 3. The van der Waals surface area contributed by atoms with Gasteiger partial charge in [-0.1, -0.05) is 35.9 Å². The summed E-state index contributed by atoms with van der Waals surface area (Å²) in [5.41, 5.74) is 7.41. The first kappa shape index (κ1) is 18.5. The van der Waals surface area contributed by atoms with Crippen molar-refractivity contribution >= 4 is 35.2 Å². The average molecular weight is 359 g/mol. The molecular formula is C19H19ClN2O3. The second kappa shape index (κ2) is 8.89. The van der Waals surface area contributed by atoms with Crippen LogP contribution in [0, 0.1) is 6.92 Å². The zero-order chi connectivity index (χ0) is 18.2. The second-order valence-electron chi connectivity index (χ2n) is 5.39. The van der Waals surface area contributed by atoms with E-state index < -0.39 is 5.91 Å². The van der Waals surface area contributed by atoms with Gasteiger partial charge in [-0.05, 0) is 42.3 Å². The molecule has 0 bridgehead atoms. The fourth-order valence-electron chi connectivity index (χ4n) is 2.02. The Morgan fingerprint density at radius 3 is 2.72 bits per heavy atom. The van der Waals surface area contributed by atoms with Crippen LogP contribution in [0.2, 0.25) is 5.02 Å². The summed E-state index contributed by atoms with van der Waals surface area (Å²) in [4.78, 5) is 22.9. The summed E-state index contributed by atoms with van der Waals surface area (Å²) in [5, 5.41) is 3.39. The lowest BCUT2D eigenvalue weighted by Gasteiger charge is -2.10. The highest BCUT2D eigenvalue weighted by molar-refractivity contribution is 6.31. The van der Waals surface area contributed by atoms with E-state index in [1.54, 1.807) is 36.4 Å². The van der Waals surface area contributed by atoms with Gasteiger partial charge in [-0.15, -0.1) is 0 Å². The average Bonchev–Trinajstić information content (AvgIpc) is 2.57. The standard InChI is InChI=1S/C19H19ClN2O3/c1-13-6-7-14(12-15(13)20)8-9-19(24)22-16-4-2-3-5-17(16)25-11-10-18(21)23/h2-9,12H,10-11H2,1H3,(H2,21,23)(H,22,24)/b9-8+. The molecule has 0 spiro atoms. The monoisotopic (exact) mass is 358 g/mol. The molecule has 0 fully saturated rings. The lowest BCUT2D eigenvalue weighted by Crippen LogP contribution is -2.15. The minimum atomic E-state index is -0.443. The predicted octanol–water partition coefficient (Wildman–Crippen LogP) is 3.55. The maximum atomic E-state index is 12.1. The zero-order valence-electron chi connectivity index (χ0n) is 13.8. The largest absolute Gasteiger partial charge is 0.491 e. The molecule has 25 heavy (non-hydrogen) atoms. The molecule has 5 nitrogen and oxygen atoms in total. The van der Waals surface area contributed by atoms with Crippen molar-refractivity contribution in [1.29, 1.82) is 0 Å². The molecule has 2 rings (SSSR count). The maximum absolute atomic E-state index is 12.1. The van der Waals surface area contributed by atoms with Gasteiger partial charge in [0.05, 0.1) is 18.7 Å². The molecule has 0 aliphatic rings. The summed E-state index contributed by atoms with van der Waals surface area (Å²) in [7, 11) is 0. The molecule has 2 amide bonds. The van der Waals surface area contributed by atoms with Gasteiger partial charge in [0, 0.05) is 11.1 Å². The lowest BCUT2D eigenvalue weighted by atomic mass is 10.1. The van der Waals surface area contributed by atoms with Crippen molar-refractivity contribution in [2.75, 3.05) is 11.9 Å². The third-order valence-electron chi connectivity index (χ3n) is 3.37. The van der Waals surface area contributed by atoms with Crippen LogP contribution in [0.1, 0.15) is 17.5 Å². The Labute approximate surface area is 151 Å². The molecule has 0 aliphatic carbocycles. The lowest BCUT2D eigenvalue weighted by molar-refractivity contribution is -0.118. The van der Waals surface area contributed by atoms with Gasteiger partial charge in [-0.3, -0.25) is 9.59 Å². The summed E-state index contributed by atoms with van der Waals surface area (Å²) in [6, 6.07) is 12.5. The van der Waals surface area contributed by atoms with E-state index in [-0.39, 0.29) is 18.9 Å². The number of para-hydroxylation sites is 2. The first-order valence-electron chi connectivity index (χ1n) is 7.71. The highest BCUT2D eigenvalue weighted by Crippen LogP contribution is 2.24. The summed E-state index contributed by atoms with van der Waals surface area (Å²) in [5.74, 6) is -0.271. The Morgan fingerprint density at radius 1 is 1.24 bits per heavy atom. The van der Waals surface area contributed by atoms with Gasteiger partial charge in [0.25, 0.3) is 0 Å². The maximum Gasteiger partial charge on any atom is 0.248 e. The van der Waals surface area contributed by atoms with E-state index in [0.717, 1.165) is 11.1 Å². The van der Waals surface area contributed by atoms with Crippen LogP contribution in [0.15, 0.2) is 48.5 Å². The van der Waals surface area contributed by atoms with Crippen molar-refractivity contribution in [3.05, 3.63) is 64.7 Å². The minimum Gasteiger partial charge on any atom is -0.491 e. The Hall–Kier alpha value is -2.79. The number of nitrogens with two attached hydrogens (primary N) is 1. The molecule has 0 unspecified atom stereocenters. The molecule has 0 aliphatic heterocycles. The van der Waals surface area contributed by atoms with Crippen LogP contribution >= 0.6 is 11.6 Å². The number of primary amides is 1. The van der Waals surface area contributed by atoms with Gasteiger partial charge in [0.1, 0.15) is 5.75 Å². The predicted molar refractivity (Wildman–Crippen MR) is 99.6 cm³/mol. The van der Waals surface area contributed by atoms with Crippen LogP contribution in [0.25, 0.3) is 6.08 Å². The molecule has 0 atom stereocenters. The number of rotatable bonds is 7. The number of carbonyl (C=O) groups excluding carboxylic acids is 2. The topological polar surface area (TPSA) is 81.4 Å². The number of anilines is 1. The van der Waals surface area contributed by atoms with E-state index in [9.17, 15) is 9.59 Å². The Balaban J connectivity index is 2.01. The van der Waals surface area contributed by atoms with E-state index in [1.807, 2.05) is 19.1 Å². The third kappa shape index (κ3) is 5.97. The van der Waals surface area contributed by atoms with Crippen molar-refractivity contribution in [1.82, 2.24) is 0 Å².